The number of H-pyrrole nitrogens is 1. The summed E-state index contributed by atoms with van der Waals surface area (Å²) in [5.41, 5.74) is 4.23. The maximum Gasteiger partial charge on any atom is 0.251 e. The van der Waals surface area contributed by atoms with E-state index in [1.165, 1.54) is 0 Å². The molecule has 4 heteroatoms. The summed E-state index contributed by atoms with van der Waals surface area (Å²) in [5.74, 6) is -0.178. The fourth-order valence-corrected chi connectivity index (χ4v) is 2.45. The zero-order chi connectivity index (χ0) is 15.5. The van der Waals surface area contributed by atoms with E-state index in [0.717, 1.165) is 22.2 Å². The van der Waals surface area contributed by atoms with Gasteiger partial charge in [0, 0.05) is 23.3 Å². The van der Waals surface area contributed by atoms with Crippen molar-refractivity contribution in [3.63, 3.8) is 0 Å². The standard InChI is InChI=1S/C18H15N3O/c1-12-7-16-9-14(5-6-17(16)21-12)11-20-18(22)15-4-2-3-13(8-15)10-19/h2-9,21H,11H2,1H3,(H,20,22). The highest BCUT2D eigenvalue weighted by atomic mass is 16.1. The van der Waals surface area contributed by atoms with Crippen LogP contribution in [0.15, 0.2) is 48.5 Å². The molecular formula is C18H15N3O. The van der Waals surface area contributed by atoms with E-state index in [2.05, 4.69) is 22.4 Å². The third kappa shape index (κ3) is 2.84. The molecule has 0 saturated heterocycles. The van der Waals surface area contributed by atoms with Crippen LogP contribution in [0.4, 0.5) is 0 Å². The SMILES string of the molecule is Cc1cc2cc(CNC(=O)c3cccc(C#N)c3)ccc2[nH]1. The van der Waals surface area contributed by atoms with E-state index in [9.17, 15) is 4.79 Å². The lowest BCUT2D eigenvalue weighted by Gasteiger charge is -2.06. The molecule has 0 aliphatic rings. The van der Waals surface area contributed by atoms with Gasteiger partial charge < -0.3 is 10.3 Å². The Bertz CT molecular complexity index is 887. The number of benzene rings is 2. The summed E-state index contributed by atoms with van der Waals surface area (Å²) in [4.78, 5) is 15.4. The van der Waals surface area contributed by atoms with Gasteiger partial charge in [0.1, 0.15) is 0 Å². The number of aryl methyl sites for hydroxylation is 1. The minimum Gasteiger partial charge on any atom is -0.359 e. The predicted molar refractivity (Wildman–Crippen MR) is 85.4 cm³/mol. The number of nitriles is 1. The number of aromatic nitrogens is 1. The highest BCUT2D eigenvalue weighted by Crippen LogP contribution is 2.17. The van der Waals surface area contributed by atoms with Gasteiger partial charge in [-0.1, -0.05) is 12.1 Å². The fourth-order valence-electron chi connectivity index (χ4n) is 2.45. The lowest BCUT2D eigenvalue weighted by Crippen LogP contribution is -2.22. The molecule has 108 valence electrons. The van der Waals surface area contributed by atoms with Gasteiger partial charge in [0.25, 0.3) is 5.91 Å². The number of carbonyl (C=O) groups excluding carboxylic acids is 1. The number of nitrogens with zero attached hydrogens (tertiary/aromatic N) is 1. The minimum absolute atomic E-state index is 0.178. The molecule has 3 aromatic rings. The molecule has 0 aliphatic heterocycles. The number of fused-ring (bicyclic) bond motifs is 1. The largest absolute Gasteiger partial charge is 0.359 e. The lowest BCUT2D eigenvalue weighted by molar-refractivity contribution is 0.0951. The van der Waals surface area contributed by atoms with Crippen molar-refractivity contribution >= 4 is 16.8 Å². The first-order valence-corrected chi connectivity index (χ1v) is 7.02. The molecule has 1 aromatic heterocycles. The van der Waals surface area contributed by atoms with Gasteiger partial charge in [-0.3, -0.25) is 4.79 Å². The van der Waals surface area contributed by atoms with Crippen LogP contribution in [0.3, 0.4) is 0 Å². The zero-order valence-corrected chi connectivity index (χ0v) is 12.2. The second-order valence-corrected chi connectivity index (χ2v) is 5.25. The van der Waals surface area contributed by atoms with Crippen LogP contribution < -0.4 is 5.32 Å². The monoisotopic (exact) mass is 289 g/mol. The fraction of sp³-hybridized carbons (Fsp3) is 0.111. The number of hydrogen-bond donors (Lipinski definition) is 2. The summed E-state index contributed by atoms with van der Waals surface area (Å²) in [7, 11) is 0. The Kier molecular flexibility index (Phi) is 3.63. The summed E-state index contributed by atoms with van der Waals surface area (Å²) in [6.07, 6.45) is 0. The maximum absolute atomic E-state index is 12.1. The van der Waals surface area contributed by atoms with E-state index in [1.807, 2.05) is 25.1 Å². The van der Waals surface area contributed by atoms with Gasteiger partial charge >= 0.3 is 0 Å². The summed E-state index contributed by atoms with van der Waals surface area (Å²) < 4.78 is 0. The third-order valence-corrected chi connectivity index (χ3v) is 3.53. The van der Waals surface area contributed by atoms with Gasteiger partial charge in [0.05, 0.1) is 11.6 Å². The van der Waals surface area contributed by atoms with Crippen molar-refractivity contribution in [1.29, 1.82) is 5.26 Å². The Balaban J connectivity index is 1.72. The number of hydrogen-bond acceptors (Lipinski definition) is 2. The molecule has 0 unspecified atom stereocenters. The molecule has 0 saturated carbocycles. The first kappa shape index (κ1) is 13.9. The van der Waals surface area contributed by atoms with E-state index < -0.39 is 0 Å². The molecule has 0 spiro atoms. The Morgan fingerprint density at radius 1 is 1.23 bits per heavy atom. The molecule has 0 bridgehead atoms. The highest BCUT2D eigenvalue weighted by Gasteiger charge is 2.06. The molecule has 2 aromatic carbocycles. The van der Waals surface area contributed by atoms with Crippen molar-refractivity contribution in [2.75, 3.05) is 0 Å². The predicted octanol–water partition coefficient (Wildman–Crippen LogP) is 3.28. The van der Waals surface area contributed by atoms with Crippen LogP contribution >= 0.6 is 0 Å². The van der Waals surface area contributed by atoms with Gasteiger partial charge in [-0.25, -0.2) is 0 Å². The van der Waals surface area contributed by atoms with Crippen LogP contribution in [-0.4, -0.2) is 10.9 Å². The Hall–Kier alpha value is -3.06. The van der Waals surface area contributed by atoms with Crippen LogP contribution in [-0.2, 0) is 6.54 Å². The molecule has 2 N–H and O–H groups in total. The minimum atomic E-state index is -0.178. The van der Waals surface area contributed by atoms with Gasteiger partial charge in [0.2, 0.25) is 0 Å². The lowest BCUT2D eigenvalue weighted by atomic mass is 10.1. The van der Waals surface area contributed by atoms with Crippen molar-refractivity contribution in [1.82, 2.24) is 10.3 Å². The van der Waals surface area contributed by atoms with Crippen molar-refractivity contribution in [2.45, 2.75) is 13.5 Å². The first-order valence-electron chi connectivity index (χ1n) is 7.02. The second-order valence-electron chi connectivity index (χ2n) is 5.25. The summed E-state index contributed by atoms with van der Waals surface area (Å²) >= 11 is 0. The molecule has 3 rings (SSSR count). The van der Waals surface area contributed by atoms with Crippen LogP contribution in [0.5, 0.6) is 0 Å². The summed E-state index contributed by atoms with van der Waals surface area (Å²) in [6, 6.07) is 16.9. The van der Waals surface area contributed by atoms with Gasteiger partial charge in [0.15, 0.2) is 0 Å². The van der Waals surface area contributed by atoms with Gasteiger partial charge in [-0.2, -0.15) is 5.26 Å². The third-order valence-electron chi connectivity index (χ3n) is 3.53. The summed E-state index contributed by atoms with van der Waals surface area (Å²) in [6.45, 7) is 2.47. The summed E-state index contributed by atoms with van der Waals surface area (Å²) in [5, 5.41) is 12.9. The molecule has 0 radical (unpaired) electrons. The molecule has 0 aliphatic carbocycles. The second kappa shape index (κ2) is 5.74. The maximum atomic E-state index is 12.1. The molecule has 0 atom stereocenters. The number of aromatic amines is 1. The van der Waals surface area contributed by atoms with E-state index in [4.69, 9.17) is 5.26 Å². The highest BCUT2D eigenvalue weighted by molar-refractivity contribution is 5.94. The number of amides is 1. The quantitative estimate of drug-likeness (QED) is 0.777. The van der Waals surface area contributed by atoms with E-state index in [1.54, 1.807) is 24.3 Å². The molecule has 0 fully saturated rings. The van der Waals surface area contributed by atoms with E-state index in [-0.39, 0.29) is 5.91 Å². The van der Waals surface area contributed by atoms with Crippen LogP contribution in [0, 0.1) is 18.3 Å². The average Bonchev–Trinajstić information content (AvgIpc) is 2.91. The number of nitrogens with one attached hydrogen (secondary N) is 2. The van der Waals surface area contributed by atoms with Gasteiger partial charge in [-0.15, -0.1) is 0 Å². The van der Waals surface area contributed by atoms with Crippen LogP contribution in [0.2, 0.25) is 0 Å². The molecule has 1 amide bonds. The van der Waals surface area contributed by atoms with Crippen molar-refractivity contribution in [3.05, 3.63) is 70.9 Å². The normalized spacial score (nSPS) is 10.4. The molecule has 1 heterocycles. The molecular weight excluding hydrogens is 274 g/mol. The van der Waals surface area contributed by atoms with Gasteiger partial charge in [-0.05, 0) is 54.3 Å². The topological polar surface area (TPSA) is 68.7 Å². The number of carbonyl (C=O) groups is 1. The van der Waals surface area contributed by atoms with Crippen LogP contribution in [0.1, 0.15) is 27.2 Å². The van der Waals surface area contributed by atoms with Crippen molar-refractivity contribution < 1.29 is 4.79 Å². The van der Waals surface area contributed by atoms with Crippen LogP contribution in [0.25, 0.3) is 10.9 Å². The molecule has 22 heavy (non-hydrogen) atoms. The molecule has 4 nitrogen and oxygen atoms in total. The average molecular weight is 289 g/mol. The van der Waals surface area contributed by atoms with Crippen molar-refractivity contribution in [3.8, 4) is 6.07 Å². The Labute approximate surface area is 128 Å². The Morgan fingerprint density at radius 2 is 2.09 bits per heavy atom. The van der Waals surface area contributed by atoms with E-state index in [0.29, 0.717) is 17.7 Å². The van der Waals surface area contributed by atoms with Crippen molar-refractivity contribution in [2.24, 2.45) is 0 Å². The Morgan fingerprint density at radius 3 is 2.91 bits per heavy atom. The zero-order valence-electron chi connectivity index (χ0n) is 12.2. The number of rotatable bonds is 3. The van der Waals surface area contributed by atoms with E-state index >= 15 is 0 Å². The first-order chi connectivity index (χ1) is 10.7. The smallest absolute Gasteiger partial charge is 0.251 e.